The predicted molar refractivity (Wildman–Crippen MR) is 120 cm³/mol. The van der Waals surface area contributed by atoms with Crippen LogP contribution in [0.3, 0.4) is 0 Å². The first-order valence-corrected chi connectivity index (χ1v) is 11.1. The van der Waals surface area contributed by atoms with E-state index in [1.807, 2.05) is 38.4 Å². The number of benzene rings is 1. The molecule has 1 saturated heterocycles. The van der Waals surface area contributed by atoms with Crippen molar-refractivity contribution in [2.24, 2.45) is 5.92 Å². The molecule has 0 saturated carbocycles. The largest absolute Gasteiger partial charge is 0.444 e. The van der Waals surface area contributed by atoms with Gasteiger partial charge in [-0.25, -0.2) is 4.79 Å². The molecule has 0 radical (unpaired) electrons. The molecule has 1 atom stereocenters. The van der Waals surface area contributed by atoms with Crippen LogP contribution in [0.2, 0.25) is 0 Å². The number of ether oxygens (including phenoxy) is 1. The number of alkyl halides is 3. The smallest absolute Gasteiger partial charge is 0.410 e. The van der Waals surface area contributed by atoms with Crippen molar-refractivity contribution in [1.82, 2.24) is 15.1 Å². The molecule has 0 bridgehead atoms. The van der Waals surface area contributed by atoms with Gasteiger partial charge in [0.1, 0.15) is 12.1 Å². The van der Waals surface area contributed by atoms with Crippen LogP contribution in [0.15, 0.2) is 12.1 Å². The van der Waals surface area contributed by atoms with E-state index in [1.54, 1.807) is 17.9 Å². The van der Waals surface area contributed by atoms with Gasteiger partial charge in [-0.05, 0) is 63.1 Å². The van der Waals surface area contributed by atoms with Gasteiger partial charge in [-0.1, -0.05) is 12.1 Å². The minimum atomic E-state index is -4.46. The molecule has 2 amide bonds. The third-order valence-electron chi connectivity index (χ3n) is 5.75. The third kappa shape index (κ3) is 6.65. The van der Waals surface area contributed by atoms with Gasteiger partial charge >= 0.3 is 12.3 Å². The first kappa shape index (κ1) is 24.9. The highest BCUT2D eigenvalue weighted by atomic mass is 19.4. The number of likely N-dealkylation sites (tertiary alicyclic amines) is 1. The Balaban J connectivity index is 1.73. The number of carbonyl (C=O) groups excluding carboxylic acids is 2. The van der Waals surface area contributed by atoms with Crippen LogP contribution in [0.25, 0.3) is 12.3 Å². The zero-order valence-corrected chi connectivity index (χ0v) is 19.8. The van der Waals surface area contributed by atoms with Crippen molar-refractivity contribution in [3.8, 4) is 0 Å². The second kappa shape index (κ2) is 9.27. The highest BCUT2D eigenvalue weighted by Gasteiger charge is 2.35. The molecule has 1 unspecified atom stereocenters. The fourth-order valence-corrected chi connectivity index (χ4v) is 3.99. The summed E-state index contributed by atoms with van der Waals surface area (Å²) >= 11 is 0. The highest BCUT2D eigenvalue weighted by molar-refractivity contribution is 5.95. The summed E-state index contributed by atoms with van der Waals surface area (Å²) in [5.41, 5.74) is 0.333. The number of nitrogens with one attached hydrogen (secondary N) is 1. The van der Waals surface area contributed by atoms with Gasteiger partial charge in [0.15, 0.2) is 0 Å². The van der Waals surface area contributed by atoms with E-state index in [-0.39, 0.29) is 23.6 Å². The lowest BCUT2D eigenvalue weighted by atomic mass is 9.99. The second-order valence-electron chi connectivity index (χ2n) is 9.96. The van der Waals surface area contributed by atoms with Gasteiger partial charge in [0, 0.05) is 43.4 Å². The number of carbonyl (C=O) groups is 2. The molecule has 0 spiro atoms. The average molecular weight is 468 g/mol. The summed E-state index contributed by atoms with van der Waals surface area (Å²) in [6.07, 6.45) is 0.0896. The molecule has 0 aliphatic carbocycles. The lowest BCUT2D eigenvalue weighted by Crippen LogP contribution is -2.55. The fraction of sp³-hybridized carbons (Fsp3) is 0.583. The monoisotopic (exact) mass is 467 g/mol. The summed E-state index contributed by atoms with van der Waals surface area (Å²) in [5.74, 6) is -0.449. The number of halogens is 3. The minimum absolute atomic E-state index is 0.204. The zero-order valence-electron chi connectivity index (χ0n) is 19.8. The lowest BCUT2D eigenvalue weighted by molar-refractivity contribution is -0.123. The van der Waals surface area contributed by atoms with Crippen molar-refractivity contribution in [1.29, 1.82) is 0 Å². The van der Waals surface area contributed by atoms with E-state index in [2.05, 4.69) is 17.9 Å². The van der Waals surface area contributed by atoms with Crippen LogP contribution in [0.4, 0.5) is 18.0 Å². The fourth-order valence-electron chi connectivity index (χ4n) is 3.99. The summed E-state index contributed by atoms with van der Waals surface area (Å²) in [6, 6.07) is 3.71. The molecule has 2 aliphatic heterocycles. The van der Waals surface area contributed by atoms with Crippen LogP contribution >= 0.6 is 0 Å². The second-order valence-corrected chi connectivity index (χ2v) is 9.96. The van der Waals surface area contributed by atoms with Crippen LogP contribution in [0.5, 0.6) is 0 Å². The average Bonchev–Trinajstić information content (AvgIpc) is 2.78. The van der Waals surface area contributed by atoms with E-state index in [0.29, 0.717) is 18.7 Å². The maximum atomic E-state index is 12.5. The molecule has 0 aromatic heterocycles. The Morgan fingerprint density at radius 3 is 2.42 bits per heavy atom. The lowest BCUT2D eigenvalue weighted by Gasteiger charge is -2.42. The summed E-state index contributed by atoms with van der Waals surface area (Å²) in [6.45, 7) is 9.93. The van der Waals surface area contributed by atoms with Crippen LogP contribution in [-0.2, 0) is 4.74 Å². The molecule has 2 heterocycles. The Labute approximate surface area is 192 Å². The standard InChI is InChI=1S/C24H32F3N3O3/c1-15-8-18-7-6-16(2)29(10-17-11-30(12-17)22(32)33-23(3,4)5)13-19(18)9-20(15)21(31)28-14-24(25,26)27/h7-9,13,16-17H,6,10-12,14H2,1-5H3,(H,28,31). The number of fused-ring (bicyclic) bond motifs is 1. The number of aryl methyl sites for hydroxylation is 1. The van der Waals surface area contributed by atoms with Gasteiger partial charge in [-0.3, -0.25) is 4.79 Å². The van der Waals surface area contributed by atoms with E-state index in [9.17, 15) is 22.8 Å². The third-order valence-corrected chi connectivity index (χ3v) is 5.75. The van der Waals surface area contributed by atoms with E-state index >= 15 is 0 Å². The van der Waals surface area contributed by atoms with Gasteiger partial charge in [0.25, 0.3) is 5.91 Å². The van der Waals surface area contributed by atoms with Crippen molar-refractivity contribution in [2.75, 3.05) is 26.2 Å². The molecule has 1 aromatic rings. The Morgan fingerprint density at radius 2 is 1.82 bits per heavy atom. The minimum Gasteiger partial charge on any atom is -0.444 e. The molecular weight excluding hydrogens is 435 g/mol. The molecule has 182 valence electrons. The Morgan fingerprint density at radius 1 is 1.15 bits per heavy atom. The SMILES string of the molecule is Cc1cc2c(cc1C(=O)NCC(F)(F)F)=CN(CC1CN(C(=O)OC(C)(C)C)C1)C(C)CC=2. The van der Waals surface area contributed by atoms with E-state index in [4.69, 9.17) is 4.74 Å². The zero-order chi connectivity index (χ0) is 24.6. The number of amides is 2. The van der Waals surface area contributed by atoms with E-state index in [1.165, 1.54) is 0 Å². The van der Waals surface area contributed by atoms with E-state index < -0.39 is 24.2 Å². The quantitative estimate of drug-likeness (QED) is 0.740. The van der Waals surface area contributed by atoms with Gasteiger partial charge < -0.3 is 19.9 Å². The molecule has 1 N–H and O–H groups in total. The Bertz CT molecular complexity index is 1020. The molecule has 33 heavy (non-hydrogen) atoms. The number of nitrogens with zero attached hydrogens (tertiary/aromatic N) is 2. The number of hydrogen-bond acceptors (Lipinski definition) is 4. The van der Waals surface area contributed by atoms with Gasteiger partial charge in [-0.2, -0.15) is 13.2 Å². The van der Waals surface area contributed by atoms with Crippen LogP contribution < -0.4 is 15.8 Å². The van der Waals surface area contributed by atoms with Crippen LogP contribution in [0, 0.1) is 12.8 Å². The Hall–Kier alpha value is -2.71. The highest BCUT2D eigenvalue weighted by Crippen LogP contribution is 2.22. The van der Waals surface area contributed by atoms with Gasteiger partial charge in [0.05, 0.1) is 0 Å². The van der Waals surface area contributed by atoms with Crippen LogP contribution in [-0.4, -0.2) is 65.8 Å². The molecule has 6 nitrogen and oxygen atoms in total. The van der Waals surface area contributed by atoms with Gasteiger partial charge in [0.2, 0.25) is 0 Å². The maximum absolute atomic E-state index is 12.5. The van der Waals surface area contributed by atoms with Crippen LogP contribution in [0.1, 0.15) is 50.0 Å². The number of hydrogen-bond donors (Lipinski definition) is 1. The summed E-state index contributed by atoms with van der Waals surface area (Å²) in [7, 11) is 0. The molecule has 1 aromatic carbocycles. The summed E-state index contributed by atoms with van der Waals surface area (Å²) in [4.78, 5) is 28.4. The van der Waals surface area contributed by atoms with Crippen molar-refractivity contribution >= 4 is 24.3 Å². The molecule has 2 aliphatic rings. The topological polar surface area (TPSA) is 61.9 Å². The molecule has 1 fully saturated rings. The first-order valence-electron chi connectivity index (χ1n) is 11.1. The predicted octanol–water partition coefficient (Wildman–Crippen LogP) is 2.77. The van der Waals surface area contributed by atoms with Crippen molar-refractivity contribution in [3.05, 3.63) is 33.7 Å². The maximum Gasteiger partial charge on any atom is 0.410 e. The summed E-state index contributed by atoms with van der Waals surface area (Å²) in [5, 5.41) is 3.71. The normalized spacial score (nSPS) is 19.0. The van der Waals surface area contributed by atoms with Crippen molar-refractivity contribution in [3.63, 3.8) is 0 Å². The van der Waals surface area contributed by atoms with Gasteiger partial charge in [-0.15, -0.1) is 0 Å². The summed E-state index contributed by atoms with van der Waals surface area (Å²) < 4.78 is 42.9. The molecular formula is C24H32F3N3O3. The van der Waals surface area contributed by atoms with Crippen molar-refractivity contribution < 1.29 is 27.5 Å². The molecule has 3 rings (SSSR count). The van der Waals surface area contributed by atoms with E-state index in [0.717, 1.165) is 23.4 Å². The first-order chi connectivity index (χ1) is 15.2. The van der Waals surface area contributed by atoms with Crippen molar-refractivity contribution in [2.45, 2.75) is 58.9 Å². The Kier molecular flexibility index (Phi) is 7.00. The molecule has 9 heteroatoms. The number of rotatable bonds is 4.